The van der Waals surface area contributed by atoms with Gasteiger partial charge in [0, 0.05) is 31.5 Å². The molecule has 2 amide bonds. The number of nitrogens with one attached hydrogen (secondary N) is 1. The van der Waals surface area contributed by atoms with Crippen molar-refractivity contribution in [2.45, 2.75) is 45.7 Å². The number of rotatable bonds is 4. The molecule has 7 heteroatoms. The maximum absolute atomic E-state index is 12.2. The van der Waals surface area contributed by atoms with Crippen LogP contribution in [-0.2, 0) is 4.79 Å². The minimum absolute atomic E-state index is 0.00283. The molecule has 2 heterocycles. The van der Waals surface area contributed by atoms with Crippen LogP contribution in [0, 0.1) is 12.8 Å². The first-order valence-electron chi connectivity index (χ1n) is 8.02. The van der Waals surface area contributed by atoms with Crippen LogP contribution in [0.15, 0.2) is 12.4 Å². The molecule has 1 unspecified atom stereocenters. The second-order valence-corrected chi connectivity index (χ2v) is 6.23. The summed E-state index contributed by atoms with van der Waals surface area (Å²) in [6.45, 7) is 6.88. The van der Waals surface area contributed by atoms with Crippen LogP contribution in [0.2, 0.25) is 0 Å². The third-order valence-corrected chi connectivity index (χ3v) is 4.35. The molecule has 7 nitrogen and oxygen atoms in total. The van der Waals surface area contributed by atoms with E-state index in [-0.39, 0.29) is 17.9 Å². The summed E-state index contributed by atoms with van der Waals surface area (Å²) in [5.41, 5.74) is 6.11. The van der Waals surface area contributed by atoms with Crippen LogP contribution >= 0.6 is 0 Å². The number of hydrogen-bond acceptors (Lipinski definition) is 5. The number of aromatic nitrogens is 2. The minimum atomic E-state index is -0.454. The quantitative estimate of drug-likeness (QED) is 0.841. The molecule has 0 radical (unpaired) electrons. The van der Waals surface area contributed by atoms with Crippen molar-refractivity contribution < 1.29 is 9.59 Å². The van der Waals surface area contributed by atoms with E-state index in [0.29, 0.717) is 30.4 Å². The summed E-state index contributed by atoms with van der Waals surface area (Å²) < 4.78 is 0. The zero-order valence-corrected chi connectivity index (χ0v) is 14.0. The Labute approximate surface area is 136 Å². The Morgan fingerprint density at radius 1 is 1.26 bits per heavy atom. The predicted octanol–water partition coefficient (Wildman–Crippen LogP) is 0.489. The van der Waals surface area contributed by atoms with Crippen LogP contribution in [-0.4, -0.2) is 51.9 Å². The Morgan fingerprint density at radius 2 is 1.83 bits per heavy atom. The molecule has 0 saturated carbocycles. The molecule has 126 valence electrons. The van der Waals surface area contributed by atoms with Gasteiger partial charge in [-0.1, -0.05) is 0 Å². The zero-order chi connectivity index (χ0) is 17.0. The lowest BCUT2D eigenvalue weighted by molar-refractivity contribution is -0.133. The maximum Gasteiger partial charge on any atom is 0.254 e. The molecule has 0 aliphatic carbocycles. The van der Waals surface area contributed by atoms with Gasteiger partial charge in [0.05, 0.1) is 11.6 Å². The van der Waals surface area contributed by atoms with Crippen LogP contribution < -0.4 is 11.1 Å². The van der Waals surface area contributed by atoms with E-state index in [4.69, 9.17) is 5.73 Å². The van der Waals surface area contributed by atoms with Crippen LogP contribution in [0.4, 0.5) is 0 Å². The monoisotopic (exact) mass is 319 g/mol. The number of carbonyl (C=O) groups excluding carboxylic acids is 2. The van der Waals surface area contributed by atoms with E-state index in [1.807, 2.05) is 11.8 Å². The molecule has 1 aliphatic heterocycles. The molecule has 23 heavy (non-hydrogen) atoms. The van der Waals surface area contributed by atoms with Gasteiger partial charge in [0.15, 0.2) is 0 Å². The average molecular weight is 319 g/mol. The van der Waals surface area contributed by atoms with Gasteiger partial charge in [-0.15, -0.1) is 0 Å². The third-order valence-electron chi connectivity index (χ3n) is 4.35. The number of nitrogens with zero attached hydrogens (tertiary/aromatic N) is 3. The summed E-state index contributed by atoms with van der Waals surface area (Å²) in [7, 11) is 0. The van der Waals surface area contributed by atoms with Crippen molar-refractivity contribution in [3.05, 3.63) is 23.8 Å². The highest BCUT2D eigenvalue weighted by Gasteiger charge is 2.28. The summed E-state index contributed by atoms with van der Waals surface area (Å²) in [6.07, 6.45) is 4.80. The first kappa shape index (κ1) is 17.3. The van der Waals surface area contributed by atoms with Crippen molar-refractivity contribution in [2.75, 3.05) is 13.1 Å². The Morgan fingerprint density at radius 3 is 2.35 bits per heavy atom. The molecule has 0 spiro atoms. The number of hydrogen-bond donors (Lipinski definition) is 2. The Bertz CT molecular complexity index is 550. The zero-order valence-electron chi connectivity index (χ0n) is 14.0. The van der Waals surface area contributed by atoms with Crippen molar-refractivity contribution in [3.8, 4) is 0 Å². The molecule has 1 saturated heterocycles. The normalized spacial score (nSPS) is 18.3. The topological polar surface area (TPSA) is 101 Å². The van der Waals surface area contributed by atoms with Crippen LogP contribution in [0.1, 0.15) is 42.9 Å². The Balaban J connectivity index is 1.85. The number of likely N-dealkylation sites (tertiary alicyclic amines) is 1. The number of amides is 2. The van der Waals surface area contributed by atoms with Crippen molar-refractivity contribution in [2.24, 2.45) is 11.7 Å². The van der Waals surface area contributed by atoms with E-state index in [1.54, 1.807) is 13.8 Å². The van der Waals surface area contributed by atoms with Gasteiger partial charge < -0.3 is 16.0 Å². The molecule has 1 aromatic rings. The summed E-state index contributed by atoms with van der Waals surface area (Å²) in [5, 5.41) is 3.01. The van der Waals surface area contributed by atoms with Crippen molar-refractivity contribution in [1.29, 1.82) is 0 Å². The van der Waals surface area contributed by atoms with Gasteiger partial charge in [0.1, 0.15) is 5.82 Å². The predicted molar refractivity (Wildman–Crippen MR) is 86.7 cm³/mol. The van der Waals surface area contributed by atoms with Gasteiger partial charge in [0.2, 0.25) is 5.91 Å². The van der Waals surface area contributed by atoms with Crippen molar-refractivity contribution in [3.63, 3.8) is 0 Å². The number of carbonyl (C=O) groups is 2. The standard InChI is InChI=1S/C16H25N5O2/c1-10(17)16(23)21-6-4-13(5-7-21)11(2)20-15(22)14-8-18-12(3)19-9-14/h8-11,13H,4-7,17H2,1-3H3,(H,20,22)/t10-,11?/m0/s1. The van der Waals surface area contributed by atoms with Gasteiger partial charge >= 0.3 is 0 Å². The van der Waals surface area contributed by atoms with Gasteiger partial charge in [-0.25, -0.2) is 9.97 Å². The van der Waals surface area contributed by atoms with E-state index in [2.05, 4.69) is 15.3 Å². The van der Waals surface area contributed by atoms with E-state index in [1.165, 1.54) is 12.4 Å². The molecule has 3 N–H and O–H groups in total. The highest BCUT2D eigenvalue weighted by Crippen LogP contribution is 2.21. The number of aryl methyl sites for hydroxylation is 1. The van der Waals surface area contributed by atoms with Gasteiger partial charge in [-0.3, -0.25) is 9.59 Å². The first-order chi connectivity index (χ1) is 10.9. The highest BCUT2D eigenvalue weighted by atomic mass is 16.2. The molecular weight excluding hydrogens is 294 g/mol. The number of piperidine rings is 1. The second kappa shape index (κ2) is 7.50. The lowest BCUT2D eigenvalue weighted by Gasteiger charge is -2.35. The van der Waals surface area contributed by atoms with Crippen molar-refractivity contribution >= 4 is 11.8 Å². The second-order valence-electron chi connectivity index (χ2n) is 6.23. The van der Waals surface area contributed by atoms with Crippen molar-refractivity contribution in [1.82, 2.24) is 20.2 Å². The lowest BCUT2D eigenvalue weighted by atomic mass is 9.90. The Kier molecular flexibility index (Phi) is 5.65. The molecular formula is C16H25N5O2. The maximum atomic E-state index is 12.2. The molecule has 2 atom stereocenters. The average Bonchev–Trinajstić information content (AvgIpc) is 2.54. The molecule has 0 aromatic carbocycles. The largest absolute Gasteiger partial charge is 0.349 e. The molecule has 1 fully saturated rings. The summed E-state index contributed by atoms with van der Waals surface area (Å²) in [4.78, 5) is 34.0. The smallest absolute Gasteiger partial charge is 0.254 e. The Hall–Kier alpha value is -2.02. The molecule has 1 aliphatic rings. The highest BCUT2D eigenvalue weighted by molar-refractivity contribution is 5.93. The number of nitrogens with two attached hydrogens (primary N) is 1. The summed E-state index contributed by atoms with van der Waals surface area (Å²) in [5.74, 6) is 0.826. The molecule has 0 bridgehead atoms. The molecule has 2 rings (SSSR count). The van der Waals surface area contributed by atoms with E-state index in [0.717, 1.165) is 12.8 Å². The van der Waals surface area contributed by atoms with E-state index >= 15 is 0 Å². The van der Waals surface area contributed by atoms with Gasteiger partial charge in [-0.2, -0.15) is 0 Å². The molecule has 1 aromatic heterocycles. The SMILES string of the molecule is Cc1ncc(C(=O)NC(C)C2CCN(C(=O)[C@H](C)N)CC2)cn1. The fraction of sp³-hybridized carbons (Fsp3) is 0.625. The fourth-order valence-corrected chi connectivity index (χ4v) is 2.83. The van der Waals surface area contributed by atoms with Crippen LogP contribution in [0.25, 0.3) is 0 Å². The van der Waals surface area contributed by atoms with E-state index in [9.17, 15) is 9.59 Å². The minimum Gasteiger partial charge on any atom is -0.349 e. The summed E-state index contributed by atoms with van der Waals surface area (Å²) in [6, 6.07) is -0.415. The van der Waals surface area contributed by atoms with Crippen LogP contribution in [0.5, 0.6) is 0 Å². The summed E-state index contributed by atoms with van der Waals surface area (Å²) >= 11 is 0. The van der Waals surface area contributed by atoms with Gasteiger partial charge in [0.25, 0.3) is 5.91 Å². The fourth-order valence-electron chi connectivity index (χ4n) is 2.83. The third kappa shape index (κ3) is 4.48. The van der Waals surface area contributed by atoms with Gasteiger partial charge in [-0.05, 0) is 39.5 Å². The van der Waals surface area contributed by atoms with E-state index < -0.39 is 6.04 Å². The van der Waals surface area contributed by atoms with Crippen LogP contribution in [0.3, 0.4) is 0 Å². The first-order valence-corrected chi connectivity index (χ1v) is 8.02. The lowest BCUT2D eigenvalue weighted by Crippen LogP contribution is -2.49.